The summed E-state index contributed by atoms with van der Waals surface area (Å²) in [5, 5.41) is 3.54. The fourth-order valence-electron chi connectivity index (χ4n) is 2.09. The van der Waals surface area contributed by atoms with Gasteiger partial charge in [-0.1, -0.05) is 13.8 Å². The molecule has 72 valence electrons. The summed E-state index contributed by atoms with van der Waals surface area (Å²) >= 11 is 0. The third-order valence-corrected chi connectivity index (χ3v) is 2.76. The van der Waals surface area contributed by atoms with Crippen LogP contribution in [-0.4, -0.2) is 17.9 Å². The van der Waals surface area contributed by atoms with Gasteiger partial charge in [-0.05, 0) is 33.1 Å². The van der Waals surface area contributed by atoms with E-state index in [4.69, 9.17) is 4.74 Å². The average molecular weight is 171 g/mol. The topological polar surface area (TPSA) is 21.3 Å². The molecule has 1 N–H and O–H groups in total. The van der Waals surface area contributed by atoms with E-state index in [1.165, 1.54) is 0 Å². The number of rotatable bonds is 2. The molecule has 2 unspecified atom stereocenters. The van der Waals surface area contributed by atoms with Crippen LogP contribution in [0, 0.1) is 0 Å². The average Bonchev–Trinajstić information content (AvgIpc) is 2.02. The van der Waals surface area contributed by atoms with Crippen LogP contribution in [0.3, 0.4) is 0 Å². The predicted molar refractivity (Wildman–Crippen MR) is 51.1 cm³/mol. The predicted octanol–water partition coefficient (Wildman–Crippen LogP) is 2.29. The van der Waals surface area contributed by atoms with Crippen molar-refractivity contribution in [3.8, 4) is 0 Å². The lowest BCUT2D eigenvalue weighted by Crippen LogP contribution is -2.57. The SMILES string of the molecule is CCC1(CC)NC(C)CC(C)O1. The van der Waals surface area contributed by atoms with Gasteiger partial charge in [-0.2, -0.15) is 0 Å². The largest absolute Gasteiger partial charge is 0.358 e. The summed E-state index contributed by atoms with van der Waals surface area (Å²) in [6, 6.07) is 0.591. The van der Waals surface area contributed by atoms with E-state index in [-0.39, 0.29) is 5.72 Å². The van der Waals surface area contributed by atoms with E-state index in [9.17, 15) is 0 Å². The standard InChI is InChI=1S/C10H21NO/c1-5-10(6-2)11-8(3)7-9(4)12-10/h8-9,11H,5-7H2,1-4H3. The molecule has 0 aromatic carbocycles. The quantitative estimate of drug-likeness (QED) is 0.688. The van der Waals surface area contributed by atoms with Crippen LogP contribution in [0.4, 0.5) is 0 Å². The highest BCUT2D eigenvalue weighted by Gasteiger charge is 2.34. The van der Waals surface area contributed by atoms with E-state index in [0.717, 1.165) is 19.3 Å². The van der Waals surface area contributed by atoms with Crippen LogP contribution in [0.5, 0.6) is 0 Å². The fourth-order valence-corrected chi connectivity index (χ4v) is 2.09. The van der Waals surface area contributed by atoms with Gasteiger partial charge in [0.15, 0.2) is 0 Å². The molecule has 2 nitrogen and oxygen atoms in total. The van der Waals surface area contributed by atoms with Crippen molar-refractivity contribution < 1.29 is 4.74 Å². The second-order valence-corrected chi connectivity index (χ2v) is 3.91. The zero-order valence-electron chi connectivity index (χ0n) is 8.68. The molecule has 0 saturated carbocycles. The van der Waals surface area contributed by atoms with Gasteiger partial charge in [-0.25, -0.2) is 0 Å². The fraction of sp³-hybridized carbons (Fsp3) is 1.00. The molecule has 12 heavy (non-hydrogen) atoms. The number of nitrogens with one attached hydrogen (secondary N) is 1. The van der Waals surface area contributed by atoms with Gasteiger partial charge >= 0.3 is 0 Å². The highest BCUT2D eigenvalue weighted by atomic mass is 16.5. The molecule has 0 amide bonds. The van der Waals surface area contributed by atoms with Gasteiger partial charge in [0.05, 0.1) is 6.10 Å². The van der Waals surface area contributed by atoms with Crippen LogP contribution < -0.4 is 5.32 Å². The summed E-state index contributed by atoms with van der Waals surface area (Å²) in [6.07, 6.45) is 3.64. The van der Waals surface area contributed by atoms with E-state index >= 15 is 0 Å². The van der Waals surface area contributed by atoms with Crippen LogP contribution in [0.25, 0.3) is 0 Å². The maximum absolute atomic E-state index is 5.93. The highest BCUT2D eigenvalue weighted by molar-refractivity contribution is 4.85. The van der Waals surface area contributed by atoms with Gasteiger partial charge in [0.25, 0.3) is 0 Å². The maximum Gasteiger partial charge on any atom is 0.119 e. The monoisotopic (exact) mass is 171 g/mol. The molecule has 0 radical (unpaired) electrons. The molecule has 0 aliphatic carbocycles. The minimum absolute atomic E-state index is 0.0446. The molecular formula is C10H21NO. The van der Waals surface area contributed by atoms with E-state index in [1.807, 2.05) is 0 Å². The Labute approximate surface area is 75.7 Å². The van der Waals surface area contributed by atoms with Crippen molar-refractivity contribution in [2.75, 3.05) is 0 Å². The summed E-state index contributed by atoms with van der Waals surface area (Å²) in [5.41, 5.74) is -0.0446. The molecule has 1 rings (SSSR count). The number of ether oxygens (including phenoxy) is 1. The van der Waals surface area contributed by atoms with E-state index in [2.05, 4.69) is 33.0 Å². The lowest BCUT2D eigenvalue weighted by atomic mass is 10.00. The minimum atomic E-state index is -0.0446. The molecule has 1 heterocycles. The molecule has 0 aromatic heterocycles. The first-order valence-electron chi connectivity index (χ1n) is 5.07. The van der Waals surface area contributed by atoms with Gasteiger partial charge in [0.2, 0.25) is 0 Å². The molecule has 1 aliphatic rings. The van der Waals surface area contributed by atoms with Crippen LogP contribution in [0.1, 0.15) is 47.0 Å². The van der Waals surface area contributed by atoms with Crippen molar-refractivity contribution in [2.24, 2.45) is 0 Å². The van der Waals surface area contributed by atoms with Crippen molar-refractivity contribution >= 4 is 0 Å². The Bertz CT molecular complexity index is 131. The van der Waals surface area contributed by atoms with Crippen molar-refractivity contribution in [1.82, 2.24) is 5.32 Å². The molecule has 1 saturated heterocycles. The van der Waals surface area contributed by atoms with Crippen molar-refractivity contribution in [1.29, 1.82) is 0 Å². The van der Waals surface area contributed by atoms with Crippen LogP contribution in [-0.2, 0) is 4.74 Å². The zero-order valence-corrected chi connectivity index (χ0v) is 8.68. The van der Waals surface area contributed by atoms with E-state index in [0.29, 0.717) is 12.1 Å². The summed E-state index contributed by atoms with van der Waals surface area (Å²) in [7, 11) is 0. The van der Waals surface area contributed by atoms with Gasteiger partial charge in [0, 0.05) is 6.04 Å². The van der Waals surface area contributed by atoms with E-state index < -0.39 is 0 Å². The molecule has 0 spiro atoms. The first kappa shape index (κ1) is 10.0. The highest BCUT2D eigenvalue weighted by Crippen LogP contribution is 2.26. The maximum atomic E-state index is 5.93. The third kappa shape index (κ3) is 1.99. The number of hydrogen-bond donors (Lipinski definition) is 1. The van der Waals surface area contributed by atoms with Gasteiger partial charge < -0.3 is 4.74 Å². The smallest absolute Gasteiger partial charge is 0.119 e. The molecule has 0 aromatic rings. The molecule has 2 atom stereocenters. The summed E-state index contributed by atoms with van der Waals surface area (Å²) < 4.78 is 5.93. The number of hydrogen-bond acceptors (Lipinski definition) is 2. The summed E-state index contributed by atoms with van der Waals surface area (Å²) in [4.78, 5) is 0. The second-order valence-electron chi connectivity index (χ2n) is 3.91. The lowest BCUT2D eigenvalue weighted by molar-refractivity contribution is -0.151. The van der Waals surface area contributed by atoms with Crippen LogP contribution >= 0.6 is 0 Å². The Morgan fingerprint density at radius 1 is 1.33 bits per heavy atom. The summed E-state index contributed by atoms with van der Waals surface area (Å²) in [6.45, 7) is 8.76. The second kappa shape index (κ2) is 3.75. The van der Waals surface area contributed by atoms with Crippen molar-refractivity contribution in [2.45, 2.75) is 64.8 Å². The Balaban J connectivity index is 2.62. The molecule has 1 fully saturated rings. The molecular weight excluding hydrogens is 150 g/mol. The normalized spacial score (nSPS) is 35.0. The molecule has 0 bridgehead atoms. The third-order valence-electron chi connectivity index (χ3n) is 2.76. The Hall–Kier alpha value is -0.0800. The first-order valence-corrected chi connectivity index (χ1v) is 5.07. The first-order chi connectivity index (χ1) is 5.62. The Morgan fingerprint density at radius 3 is 2.33 bits per heavy atom. The van der Waals surface area contributed by atoms with Gasteiger partial charge in [-0.15, -0.1) is 0 Å². The van der Waals surface area contributed by atoms with E-state index in [1.54, 1.807) is 0 Å². The molecule has 2 heteroatoms. The lowest BCUT2D eigenvalue weighted by Gasteiger charge is -2.43. The van der Waals surface area contributed by atoms with Gasteiger partial charge in [-0.3, -0.25) is 5.32 Å². The van der Waals surface area contributed by atoms with Crippen molar-refractivity contribution in [3.05, 3.63) is 0 Å². The van der Waals surface area contributed by atoms with Crippen LogP contribution in [0.2, 0.25) is 0 Å². The van der Waals surface area contributed by atoms with Crippen LogP contribution in [0.15, 0.2) is 0 Å². The Morgan fingerprint density at radius 2 is 1.92 bits per heavy atom. The summed E-state index contributed by atoms with van der Waals surface area (Å²) in [5.74, 6) is 0. The minimum Gasteiger partial charge on any atom is -0.358 e. The van der Waals surface area contributed by atoms with Crippen molar-refractivity contribution in [3.63, 3.8) is 0 Å². The zero-order chi connectivity index (χ0) is 9.19. The molecule has 1 aliphatic heterocycles. The van der Waals surface area contributed by atoms with Gasteiger partial charge in [0.1, 0.15) is 5.72 Å². The Kier molecular flexibility index (Phi) is 3.13.